The number of phenolic OH excluding ortho intramolecular Hbond substituents is 1. The Morgan fingerprint density at radius 1 is 1.00 bits per heavy atom. The van der Waals surface area contributed by atoms with Crippen LogP contribution in [-0.4, -0.2) is 15.1 Å². The minimum absolute atomic E-state index is 0.000344. The zero-order chi connectivity index (χ0) is 16.4. The molecule has 0 aliphatic heterocycles. The fourth-order valence-electron chi connectivity index (χ4n) is 3.65. The second-order valence-corrected chi connectivity index (χ2v) is 6.10. The molecule has 0 spiro atoms. The van der Waals surface area contributed by atoms with Crippen LogP contribution in [0, 0.1) is 0 Å². The normalized spacial score (nSPS) is 11.9. The Morgan fingerprint density at radius 3 is 2.58 bits per heavy atom. The molecular weight excluding hydrogens is 302 g/mol. The van der Waals surface area contributed by atoms with E-state index in [0.717, 1.165) is 32.8 Å². The number of aryl methyl sites for hydroxylation is 1. The number of rotatable bonds is 1. The third-order valence-electron chi connectivity index (χ3n) is 4.70. The zero-order valence-electron chi connectivity index (χ0n) is 12.9. The first kappa shape index (κ1) is 13.1. The number of fused-ring (bicyclic) bond motifs is 2. The molecule has 3 aromatic heterocycles. The van der Waals surface area contributed by atoms with Crippen molar-refractivity contribution in [2.45, 2.75) is 0 Å². The summed E-state index contributed by atoms with van der Waals surface area (Å²) in [5, 5.41) is 12.4. The van der Waals surface area contributed by atoms with E-state index in [4.69, 9.17) is 0 Å². The number of hydrogen-bond acceptors (Lipinski definition) is 2. The molecular formula is C19H14N3O2+. The molecule has 5 rings (SSSR count). The molecule has 3 N–H and O–H groups in total. The fraction of sp³-hybridized carbons (Fsp3) is 0.0526. The standard InChI is InChI=1S/C19H13N3O2/c1-22-9-11-6-7-20-16-14(11)18(22)19(24)17-15(16)13(8-21-17)10-2-4-12(23)5-3-10/h2-9H,1H3,(H2,20,21,23,24)/p+1. The van der Waals surface area contributed by atoms with E-state index in [-0.39, 0.29) is 11.2 Å². The zero-order valence-corrected chi connectivity index (χ0v) is 12.9. The molecule has 0 bridgehead atoms. The number of H-pyrrole nitrogens is 2. The van der Waals surface area contributed by atoms with E-state index < -0.39 is 0 Å². The molecule has 0 saturated carbocycles. The lowest BCUT2D eigenvalue weighted by atomic mass is 10.0. The van der Waals surface area contributed by atoms with Gasteiger partial charge in [-0.1, -0.05) is 12.1 Å². The van der Waals surface area contributed by atoms with Crippen molar-refractivity contribution >= 4 is 32.7 Å². The Morgan fingerprint density at radius 2 is 1.79 bits per heavy atom. The number of nitrogens with one attached hydrogen (secondary N) is 2. The summed E-state index contributed by atoms with van der Waals surface area (Å²) < 4.78 is 1.88. The largest absolute Gasteiger partial charge is 0.508 e. The number of benzene rings is 2. The topological polar surface area (TPSA) is 72.8 Å². The van der Waals surface area contributed by atoms with Gasteiger partial charge in [0.05, 0.1) is 16.3 Å². The molecule has 0 aliphatic rings. The first-order chi connectivity index (χ1) is 11.6. The summed E-state index contributed by atoms with van der Waals surface area (Å²) in [7, 11) is 1.89. The Labute approximate surface area is 136 Å². The molecule has 0 unspecified atom stereocenters. The summed E-state index contributed by atoms with van der Waals surface area (Å²) >= 11 is 0. The predicted octanol–water partition coefficient (Wildman–Crippen LogP) is 2.80. The SMILES string of the molecule is C[n+]1cc2cc[nH]c3c4c(-c5ccc(O)cc5)c[nH]c4c(=O)c1c23. The van der Waals surface area contributed by atoms with Crippen molar-refractivity contribution in [2.75, 3.05) is 0 Å². The van der Waals surface area contributed by atoms with Gasteiger partial charge in [0.1, 0.15) is 18.3 Å². The highest BCUT2D eigenvalue weighted by atomic mass is 16.3. The summed E-state index contributed by atoms with van der Waals surface area (Å²) in [4.78, 5) is 19.4. The number of pyridine rings is 1. The second-order valence-electron chi connectivity index (χ2n) is 6.10. The van der Waals surface area contributed by atoms with Gasteiger partial charge in [-0.2, -0.15) is 4.57 Å². The van der Waals surface area contributed by atoms with Gasteiger partial charge in [-0.05, 0) is 23.8 Å². The van der Waals surface area contributed by atoms with Gasteiger partial charge in [0.25, 0.3) is 10.9 Å². The summed E-state index contributed by atoms with van der Waals surface area (Å²) in [6.45, 7) is 0. The Balaban J connectivity index is 2.02. The smallest absolute Gasteiger partial charge is 0.274 e. The molecule has 2 aromatic carbocycles. The number of nitrogens with zero attached hydrogens (tertiary/aromatic N) is 1. The van der Waals surface area contributed by atoms with Crippen molar-refractivity contribution in [3.63, 3.8) is 0 Å². The van der Waals surface area contributed by atoms with Crippen LogP contribution < -0.4 is 10.00 Å². The molecule has 3 heterocycles. The van der Waals surface area contributed by atoms with Gasteiger partial charge in [-0.25, -0.2) is 0 Å². The van der Waals surface area contributed by atoms with Crippen molar-refractivity contribution in [1.29, 1.82) is 0 Å². The lowest BCUT2D eigenvalue weighted by molar-refractivity contribution is -0.642. The Kier molecular flexibility index (Phi) is 2.38. The van der Waals surface area contributed by atoms with E-state index in [9.17, 15) is 9.90 Å². The fourth-order valence-corrected chi connectivity index (χ4v) is 3.65. The van der Waals surface area contributed by atoms with Crippen LogP contribution in [0.2, 0.25) is 0 Å². The average molecular weight is 316 g/mol. The lowest BCUT2D eigenvalue weighted by Gasteiger charge is -2.03. The molecule has 0 fully saturated rings. The molecule has 5 nitrogen and oxygen atoms in total. The number of aromatic hydroxyl groups is 1. The molecule has 5 aromatic rings. The number of hydrogen-bond donors (Lipinski definition) is 3. The van der Waals surface area contributed by atoms with Crippen LogP contribution in [-0.2, 0) is 7.05 Å². The average Bonchev–Trinajstić information content (AvgIpc) is 3.15. The molecule has 0 amide bonds. The highest BCUT2D eigenvalue weighted by molar-refractivity contribution is 6.21. The van der Waals surface area contributed by atoms with E-state index in [0.29, 0.717) is 11.0 Å². The van der Waals surface area contributed by atoms with Gasteiger partial charge in [0.15, 0.2) is 6.20 Å². The monoisotopic (exact) mass is 316 g/mol. The Bertz CT molecular complexity index is 1280. The molecule has 0 aliphatic carbocycles. The summed E-state index contributed by atoms with van der Waals surface area (Å²) in [5.74, 6) is 0.221. The van der Waals surface area contributed by atoms with Gasteiger partial charge in [0.2, 0.25) is 0 Å². The first-order valence-corrected chi connectivity index (χ1v) is 7.70. The van der Waals surface area contributed by atoms with E-state index in [1.54, 1.807) is 12.1 Å². The van der Waals surface area contributed by atoms with Crippen molar-refractivity contribution in [3.8, 4) is 16.9 Å². The van der Waals surface area contributed by atoms with E-state index in [1.807, 2.05) is 48.4 Å². The van der Waals surface area contributed by atoms with Crippen LogP contribution in [0.1, 0.15) is 0 Å². The van der Waals surface area contributed by atoms with E-state index in [1.165, 1.54) is 0 Å². The van der Waals surface area contributed by atoms with Gasteiger partial charge < -0.3 is 15.1 Å². The van der Waals surface area contributed by atoms with Gasteiger partial charge >= 0.3 is 0 Å². The van der Waals surface area contributed by atoms with Gasteiger partial charge in [-0.15, -0.1) is 0 Å². The van der Waals surface area contributed by atoms with Crippen LogP contribution in [0.3, 0.4) is 0 Å². The minimum atomic E-state index is -0.000344. The lowest BCUT2D eigenvalue weighted by Crippen LogP contribution is -2.29. The van der Waals surface area contributed by atoms with Crippen molar-refractivity contribution < 1.29 is 9.67 Å². The molecule has 0 saturated heterocycles. The molecule has 5 heteroatoms. The van der Waals surface area contributed by atoms with Crippen molar-refractivity contribution in [3.05, 3.63) is 59.1 Å². The maximum atomic E-state index is 13.0. The molecule has 0 radical (unpaired) electrons. The minimum Gasteiger partial charge on any atom is -0.508 e. The quantitative estimate of drug-likeness (QED) is 0.416. The summed E-state index contributed by atoms with van der Waals surface area (Å²) in [6.07, 6.45) is 5.73. The van der Waals surface area contributed by atoms with Crippen molar-refractivity contribution in [1.82, 2.24) is 9.97 Å². The third-order valence-corrected chi connectivity index (χ3v) is 4.70. The highest BCUT2D eigenvalue weighted by Crippen LogP contribution is 2.35. The van der Waals surface area contributed by atoms with Crippen molar-refractivity contribution in [2.24, 2.45) is 7.05 Å². The number of aromatic amines is 2. The van der Waals surface area contributed by atoms with E-state index >= 15 is 0 Å². The van der Waals surface area contributed by atoms with Gasteiger partial charge in [0, 0.05) is 23.3 Å². The maximum absolute atomic E-state index is 13.0. The second kappa shape index (κ2) is 4.35. The first-order valence-electron chi connectivity index (χ1n) is 7.70. The summed E-state index contributed by atoms with van der Waals surface area (Å²) in [6, 6.07) is 8.98. The van der Waals surface area contributed by atoms with Crippen LogP contribution in [0.4, 0.5) is 0 Å². The van der Waals surface area contributed by atoms with Crippen LogP contribution >= 0.6 is 0 Å². The third kappa shape index (κ3) is 1.53. The molecule has 24 heavy (non-hydrogen) atoms. The van der Waals surface area contributed by atoms with E-state index in [2.05, 4.69) is 9.97 Å². The number of phenols is 1. The number of aromatic nitrogens is 3. The Hall–Kier alpha value is -3.34. The van der Waals surface area contributed by atoms with Crippen LogP contribution in [0.5, 0.6) is 5.75 Å². The van der Waals surface area contributed by atoms with Crippen LogP contribution in [0.15, 0.2) is 53.7 Å². The van der Waals surface area contributed by atoms with Gasteiger partial charge in [-0.3, -0.25) is 4.79 Å². The summed E-state index contributed by atoms with van der Waals surface area (Å²) in [5.41, 5.74) is 4.13. The highest BCUT2D eigenvalue weighted by Gasteiger charge is 2.24. The molecule has 0 atom stereocenters. The predicted molar refractivity (Wildman–Crippen MR) is 93.4 cm³/mol. The maximum Gasteiger partial charge on any atom is 0.274 e. The van der Waals surface area contributed by atoms with Crippen LogP contribution in [0.25, 0.3) is 43.8 Å². The molecule has 116 valence electrons.